The molecule has 1 aromatic carbocycles. The molecule has 0 radical (unpaired) electrons. The highest BCUT2D eigenvalue weighted by atomic mass is 35.5. The minimum Gasteiger partial charge on any atom is -0.397 e. The molecule has 0 aliphatic heterocycles. The van der Waals surface area contributed by atoms with Gasteiger partial charge in [-0.3, -0.25) is 0 Å². The van der Waals surface area contributed by atoms with Gasteiger partial charge in [0.25, 0.3) is 0 Å². The molecule has 2 aromatic rings. The zero-order chi connectivity index (χ0) is 12.4. The number of halogens is 3. The van der Waals surface area contributed by atoms with Gasteiger partial charge in [0, 0.05) is 11.8 Å². The number of aromatic nitrogens is 1. The van der Waals surface area contributed by atoms with E-state index >= 15 is 0 Å². The third kappa shape index (κ3) is 2.62. The first-order chi connectivity index (χ1) is 8.06. The van der Waals surface area contributed by atoms with Crippen LogP contribution in [0.25, 0.3) is 0 Å². The highest BCUT2D eigenvalue weighted by Gasteiger charge is 2.06. The Bertz CT molecular complexity index is 560. The van der Waals surface area contributed by atoms with Gasteiger partial charge in [-0.1, -0.05) is 11.6 Å². The summed E-state index contributed by atoms with van der Waals surface area (Å²) in [6.45, 7) is 0. The molecule has 0 bridgehead atoms. The van der Waals surface area contributed by atoms with Gasteiger partial charge in [-0.15, -0.1) is 0 Å². The Hall–Kier alpha value is -1.88. The SMILES string of the molecule is Nc1cnc(Nc2ccc(F)c(F)c2)c(Cl)c1. The summed E-state index contributed by atoms with van der Waals surface area (Å²) in [7, 11) is 0. The fourth-order valence-electron chi connectivity index (χ4n) is 1.26. The van der Waals surface area contributed by atoms with Gasteiger partial charge in [0.1, 0.15) is 5.82 Å². The van der Waals surface area contributed by atoms with Gasteiger partial charge in [-0.05, 0) is 18.2 Å². The van der Waals surface area contributed by atoms with Gasteiger partial charge in [0.05, 0.1) is 16.9 Å². The molecular weight excluding hydrogens is 248 g/mol. The second kappa shape index (κ2) is 4.55. The molecule has 0 spiro atoms. The summed E-state index contributed by atoms with van der Waals surface area (Å²) >= 11 is 5.88. The molecule has 2 rings (SSSR count). The Balaban J connectivity index is 2.28. The Morgan fingerprint density at radius 2 is 1.94 bits per heavy atom. The van der Waals surface area contributed by atoms with E-state index in [0.717, 1.165) is 12.1 Å². The lowest BCUT2D eigenvalue weighted by atomic mass is 10.3. The molecule has 0 saturated carbocycles. The molecule has 6 heteroatoms. The van der Waals surface area contributed by atoms with Crippen molar-refractivity contribution in [3.05, 3.63) is 47.1 Å². The van der Waals surface area contributed by atoms with E-state index in [2.05, 4.69) is 10.3 Å². The lowest BCUT2D eigenvalue weighted by Crippen LogP contribution is -1.97. The zero-order valence-electron chi connectivity index (χ0n) is 8.55. The molecule has 0 aliphatic carbocycles. The molecule has 0 saturated heterocycles. The van der Waals surface area contributed by atoms with E-state index in [1.807, 2.05) is 0 Å². The van der Waals surface area contributed by atoms with Crippen molar-refractivity contribution in [1.29, 1.82) is 0 Å². The number of hydrogen-bond donors (Lipinski definition) is 2. The minimum atomic E-state index is -0.943. The molecule has 1 heterocycles. The highest BCUT2D eigenvalue weighted by molar-refractivity contribution is 6.33. The molecule has 0 fully saturated rings. The highest BCUT2D eigenvalue weighted by Crippen LogP contribution is 2.25. The zero-order valence-corrected chi connectivity index (χ0v) is 9.30. The molecule has 3 nitrogen and oxygen atoms in total. The maximum atomic E-state index is 13.0. The van der Waals surface area contributed by atoms with E-state index in [4.69, 9.17) is 17.3 Å². The predicted molar refractivity (Wildman–Crippen MR) is 63.3 cm³/mol. The standard InChI is InChI=1S/C11H8ClF2N3/c12-8-3-6(15)5-16-11(8)17-7-1-2-9(13)10(14)4-7/h1-5H,15H2,(H,16,17). The lowest BCUT2D eigenvalue weighted by molar-refractivity contribution is 0.509. The number of nitrogens with zero attached hydrogens (tertiary/aromatic N) is 1. The summed E-state index contributed by atoms with van der Waals surface area (Å²) in [5.74, 6) is -1.53. The summed E-state index contributed by atoms with van der Waals surface area (Å²) in [6.07, 6.45) is 1.41. The number of nitrogen functional groups attached to an aromatic ring is 1. The van der Waals surface area contributed by atoms with Crippen LogP contribution in [0.3, 0.4) is 0 Å². The average Bonchev–Trinajstić information content (AvgIpc) is 2.27. The molecule has 88 valence electrons. The normalized spacial score (nSPS) is 10.3. The van der Waals surface area contributed by atoms with Crippen LogP contribution in [-0.2, 0) is 0 Å². The number of hydrogen-bond acceptors (Lipinski definition) is 3. The Morgan fingerprint density at radius 1 is 1.18 bits per heavy atom. The van der Waals surface area contributed by atoms with Crippen molar-refractivity contribution in [2.45, 2.75) is 0 Å². The maximum absolute atomic E-state index is 13.0. The predicted octanol–water partition coefficient (Wildman–Crippen LogP) is 3.34. The molecule has 0 unspecified atom stereocenters. The fourth-order valence-corrected chi connectivity index (χ4v) is 1.48. The Labute approximate surface area is 101 Å². The van der Waals surface area contributed by atoms with Crippen LogP contribution in [0.4, 0.5) is 26.0 Å². The third-order valence-electron chi connectivity index (χ3n) is 2.04. The van der Waals surface area contributed by atoms with Crippen molar-refractivity contribution < 1.29 is 8.78 Å². The second-order valence-electron chi connectivity index (χ2n) is 3.35. The van der Waals surface area contributed by atoms with E-state index in [1.165, 1.54) is 18.3 Å². The maximum Gasteiger partial charge on any atom is 0.160 e. The number of anilines is 3. The summed E-state index contributed by atoms with van der Waals surface area (Å²) < 4.78 is 25.7. The number of pyridine rings is 1. The Morgan fingerprint density at radius 3 is 2.59 bits per heavy atom. The van der Waals surface area contributed by atoms with Crippen LogP contribution in [-0.4, -0.2) is 4.98 Å². The molecule has 0 atom stereocenters. The van der Waals surface area contributed by atoms with Gasteiger partial charge in [0.2, 0.25) is 0 Å². The van der Waals surface area contributed by atoms with Gasteiger partial charge in [0.15, 0.2) is 11.6 Å². The van der Waals surface area contributed by atoms with Crippen molar-refractivity contribution in [3.8, 4) is 0 Å². The number of benzene rings is 1. The first-order valence-corrected chi connectivity index (χ1v) is 5.07. The van der Waals surface area contributed by atoms with Crippen LogP contribution in [0.2, 0.25) is 5.02 Å². The molecule has 0 amide bonds. The van der Waals surface area contributed by atoms with Crippen molar-refractivity contribution in [2.24, 2.45) is 0 Å². The largest absolute Gasteiger partial charge is 0.397 e. The first kappa shape index (κ1) is 11.6. The van der Waals surface area contributed by atoms with Crippen LogP contribution in [0, 0.1) is 11.6 Å². The van der Waals surface area contributed by atoms with Crippen LogP contribution < -0.4 is 11.1 Å². The molecule has 1 aromatic heterocycles. The second-order valence-corrected chi connectivity index (χ2v) is 3.76. The summed E-state index contributed by atoms with van der Waals surface area (Å²) in [5, 5.41) is 3.06. The molecule has 17 heavy (non-hydrogen) atoms. The van der Waals surface area contributed by atoms with E-state index < -0.39 is 11.6 Å². The summed E-state index contributed by atoms with van der Waals surface area (Å²) in [6, 6.07) is 4.93. The van der Waals surface area contributed by atoms with Crippen LogP contribution >= 0.6 is 11.6 Å². The average molecular weight is 256 g/mol. The van der Waals surface area contributed by atoms with Crippen molar-refractivity contribution in [1.82, 2.24) is 4.98 Å². The fraction of sp³-hybridized carbons (Fsp3) is 0. The smallest absolute Gasteiger partial charge is 0.160 e. The van der Waals surface area contributed by atoms with E-state index in [0.29, 0.717) is 22.2 Å². The van der Waals surface area contributed by atoms with Crippen molar-refractivity contribution in [3.63, 3.8) is 0 Å². The quantitative estimate of drug-likeness (QED) is 0.865. The van der Waals surface area contributed by atoms with Gasteiger partial charge >= 0.3 is 0 Å². The monoisotopic (exact) mass is 255 g/mol. The number of nitrogens with one attached hydrogen (secondary N) is 1. The van der Waals surface area contributed by atoms with Crippen molar-refractivity contribution in [2.75, 3.05) is 11.1 Å². The van der Waals surface area contributed by atoms with Gasteiger partial charge < -0.3 is 11.1 Å². The molecule has 3 N–H and O–H groups in total. The Kier molecular flexibility index (Phi) is 3.10. The number of rotatable bonds is 2. The first-order valence-electron chi connectivity index (χ1n) is 4.69. The van der Waals surface area contributed by atoms with Crippen LogP contribution in [0.5, 0.6) is 0 Å². The van der Waals surface area contributed by atoms with Crippen LogP contribution in [0.15, 0.2) is 30.5 Å². The van der Waals surface area contributed by atoms with E-state index in [9.17, 15) is 8.78 Å². The van der Waals surface area contributed by atoms with Crippen molar-refractivity contribution >= 4 is 28.8 Å². The third-order valence-corrected chi connectivity index (χ3v) is 2.33. The van der Waals surface area contributed by atoms with Gasteiger partial charge in [-0.2, -0.15) is 0 Å². The van der Waals surface area contributed by atoms with E-state index in [1.54, 1.807) is 0 Å². The lowest BCUT2D eigenvalue weighted by Gasteiger charge is -2.07. The summed E-state index contributed by atoms with van der Waals surface area (Å²) in [5.41, 5.74) is 6.25. The molecular formula is C11H8ClF2N3. The minimum absolute atomic E-state index is 0.301. The number of nitrogens with two attached hydrogens (primary N) is 1. The topological polar surface area (TPSA) is 50.9 Å². The van der Waals surface area contributed by atoms with Gasteiger partial charge in [-0.25, -0.2) is 13.8 Å². The van der Waals surface area contributed by atoms with Crippen LogP contribution in [0.1, 0.15) is 0 Å². The summed E-state index contributed by atoms with van der Waals surface area (Å²) in [4.78, 5) is 3.94. The van der Waals surface area contributed by atoms with E-state index in [-0.39, 0.29) is 0 Å². The molecule has 0 aliphatic rings.